The Balaban J connectivity index is 0.00000141. The Labute approximate surface area is 190 Å². The van der Waals surface area contributed by atoms with Gasteiger partial charge < -0.3 is 10.8 Å². The SMILES string of the molecule is CO.Cc1ccc(-c2cccc(C#N)c2)cc1[C@@]1(C2CCCCC2)CC(=O)N(C)C(N)=N1. The van der Waals surface area contributed by atoms with Crippen LogP contribution in [0.3, 0.4) is 0 Å². The van der Waals surface area contributed by atoms with Crippen LogP contribution in [0.15, 0.2) is 47.5 Å². The molecule has 1 heterocycles. The maximum atomic E-state index is 12.9. The molecule has 2 aromatic rings. The number of aliphatic hydroxyl groups excluding tert-OH is 1. The molecule has 3 N–H and O–H groups in total. The van der Waals surface area contributed by atoms with E-state index in [-0.39, 0.29) is 5.91 Å². The molecule has 0 radical (unpaired) electrons. The summed E-state index contributed by atoms with van der Waals surface area (Å²) in [6.07, 6.45) is 6.02. The fourth-order valence-corrected chi connectivity index (χ4v) is 5.02. The van der Waals surface area contributed by atoms with Crippen LogP contribution in [0.25, 0.3) is 11.1 Å². The van der Waals surface area contributed by atoms with Crippen LogP contribution in [0.1, 0.15) is 55.2 Å². The van der Waals surface area contributed by atoms with Crippen LogP contribution in [-0.4, -0.2) is 36.0 Å². The number of hydrogen-bond acceptors (Lipinski definition) is 5. The van der Waals surface area contributed by atoms with Gasteiger partial charge in [-0.15, -0.1) is 0 Å². The highest BCUT2D eigenvalue weighted by Gasteiger charge is 2.47. The zero-order chi connectivity index (χ0) is 23.3. The fourth-order valence-electron chi connectivity index (χ4n) is 5.02. The number of nitriles is 1. The van der Waals surface area contributed by atoms with Crippen molar-refractivity contribution in [3.05, 3.63) is 59.2 Å². The van der Waals surface area contributed by atoms with Crippen molar-refractivity contribution in [1.82, 2.24) is 4.90 Å². The van der Waals surface area contributed by atoms with Crippen LogP contribution >= 0.6 is 0 Å². The molecule has 1 fully saturated rings. The van der Waals surface area contributed by atoms with Crippen LogP contribution < -0.4 is 5.73 Å². The maximum Gasteiger partial charge on any atom is 0.231 e. The van der Waals surface area contributed by atoms with E-state index >= 15 is 0 Å². The molecule has 1 atom stereocenters. The molecule has 0 spiro atoms. The fraction of sp³-hybridized carbons (Fsp3) is 0.423. The molecule has 1 amide bonds. The lowest BCUT2D eigenvalue weighted by atomic mass is 9.67. The first-order valence-electron chi connectivity index (χ1n) is 11.1. The molecule has 1 aliphatic carbocycles. The second-order valence-electron chi connectivity index (χ2n) is 8.58. The number of carbonyl (C=O) groups is 1. The summed E-state index contributed by atoms with van der Waals surface area (Å²) in [4.78, 5) is 19.4. The van der Waals surface area contributed by atoms with Crippen LogP contribution in [0.5, 0.6) is 0 Å². The summed E-state index contributed by atoms with van der Waals surface area (Å²) in [5.74, 6) is 0.610. The molecule has 6 heteroatoms. The number of carbonyl (C=O) groups excluding carboxylic acids is 1. The van der Waals surface area contributed by atoms with Crippen molar-refractivity contribution in [3.8, 4) is 17.2 Å². The third-order valence-electron chi connectivity index (χ3n) is 6.76. The van der Waals surface area contributed by atoms with Gasteiger partial charge in [0, 0.05) is 14.2 Å². The number of aliphatic hydroxyl groups is 1. The third kappa shape index (κ3) is 4.39. The van der Waals surface area contributed by atoms with Gasteiger partial charge in [-0.2, -0.15) is 5.26 Å². The lowest BCUT2D eigenvalue weighted by Gasteiger charge is -2.44. The average molecular weight is 433 g/mol. The molecular weight excluding hydrogens is 400 g/mol. The van der Waals surface area contributed by atoms with Gasteiger partial charge in [-0.1, -0.05) is 43.5 Å². The summed E-state index contributed by atoms with van der Waals surface area (Å²) < 4.78 is 0. The van der Waals surface area contributed by atoms with Gasteiger partial charge in [-0.3, -0.25) is 9.69 Å². The van der Waals surface area contributed by atoms with E-state index in [4.69, 9.17) is 15.8 Å². The monoisotopic (exact) mass is 432 g/mol. The second-order valence-corrected chi connectivity index (χ2v) is 8.58. The minimum Gasteiger partial charge on any atom is -0.400 e. The highest BCUT2D eigenvalue weighted by atomic mass is 16.2. The Hall–Kier alpha value is -3.17. The van der Waals surface area contributed by atoms with E-state index in [1.54, 1.807) is 7.05 Å². The quantitative estimate of drug-likeness (QED) is 0.762. The Bertz CT molecular complexity index is 1050. The minimum atomic E-state index is -0.624. The van der Waals surface area contributed by atoms with Crippen molar-refractivity contribution in [3.63, 3.8) is 0 Å². The molecule has 6 nitrogen and oxygen atoms in total. The Morgan fingerprint density at radius 3 is 2.47 bits per heavy atom. The van der Waals surface area contributed by atoms with E-state index in [2.05, 4.69) is 31.2 Å². The zero-order valence-corrected chi connectivity index (χ0v) is 19.1. The molecule has 0 saturated heterocycles. The van der Waals surface area contributed by atoms with Crippen molar-refractivity contribution < 1.29 is 9.90 Å². The van der Waals surface area contributed by atoms with Crippen molar-refractivity contribution >= 4 is 11.9 Å². The normalized spacial score (nSPS) is 21.3. The molecule has 168 valence electrons. The zero-order valence-electron chi connectivity index (χ0n) is 19.1. The Kier molecular flexibility index (Phi) is 7.32. The molecular formula is C26H32N4O2. The summed E-state index contributed by atoms with van der Waals surface area (Å²) in [6.45, 7) is 2.09. The number of hydrogen-bond donors (Lipinski definition) is 2. The van der Waals surface area contributed by atoms with Crippen molar-refractivity contribution in [1.29, 1.82) is 5.26 Å². The molecule has 1 saturated carbocycles. The van der Waals surface area contributed by atoms with Gasteiger partial charge in [0.15, 0.2) is 5.96 Å². The van der Waals surface area contributed by atoms with E-state index in [0.717, 1.165) is 55.0 Å². The van der Waals surface area contributed by atoms with Gasteiger partial charge in [0.1, 0.15) is 5.54 Å². The first-order chi connectivity index (χ1) is 15.4. The smallest absolute Gasteiger partial charge is 0.231 e. The van der Waals surface area contributed by atoms with Crippen LogP contribution in [0.2, 0.25) is 0 Å². The van der Waals surface area contributed by atoms with Crippen LogP contribution in [0.4, 0.5) is 0 Å². The summed E-state index contributed by atoms with van der Waals surface area (Å²) in [5.41, 5.74) is 10.5. The Morgan fingerprint density at radius 2 is 1.81 bits per heavy atom. The first-order valence-corrected chi connectivity index (χ1v) is 11.1. The van der Waals surface area contributed by atoms with Crippen LogP contribution in [0, 0.1) is 24.2 Å². The van der Waals surface area contributed by atoms with E-state index in [1.165, 1.54) is 11.3 Å². The standard InChI is InChI=1S/C25H28N4O.CH4O/c1-17-11-12-20(19-8-6-7-18(13-19)16-26)14-22(17)25(21-9-4-3-5-10-21)15-23(30)29(2)24(27)28-25;1-2/h6-8,11-14,21H,3-5,9-10,15H2,1-2H3,(H2,27,28);2H,1H3/t25-;/m0./s1. The molecule has 2 aromatic carbocycles. The third-order valence-corrected chi connectivity index (χ3v) is 6.76. The molecule has 32 heavy (non-hydrogen) atoms. The van der Waals surface area contributed by atoms with Gasteiger partial charge in [-0.05, 0) is 66.1 Å². The van der Waals surface area contributed by atoms with Crippen LogP contribution in [-0.2, 0) is 10.3 Å². The van der Waals surface area contributed by atoms with E-state index in [0.29, 0.717) is 23.9 Å². The van der Waals surface area contributed by atoms with E-state index < -0.39 is 5.54 Å². The first kappa shape index (κ1) is 23.5. The predicted molar refractivity (Wildman–Crippen MR) is 127 cm³/mol. The highest BCUT2D eigenvalue weighted by molar-refractivity contribution is 5.99. The molecule has 1 aliphatic heterocycles. The lowest BCUT2D eigenvalue weighted by molar-refractivity contribution is -0.129. The summed E-state index contributed by atoms with van der Waals surface area (Å²) in [7, 11) is 2.70. The van der Waals surface area contributed by atoms with Gasteiger partial charge >= 0.3 is 0 Å². The lowest BCUT2D eigenvalue weighted by Crippen LogP contribution is -2.51. The number of aliphatic imine (C=N–C) groups is 1. The summed E-state index contributed by atoms with van der Waals surface area (Å²) >= 11 is 0. The molecule has 2 aliphatic rings. The van der Waals surface area contributed by atoms with E-state index in [9.17, 15) is 10.1 Å². The van der Waals surface area contributed by atoms with E-state index in [1.807, 2.05) is 24.3 Å². The van der Waals surface area contributed by atoms with Crippen molar-refractivity contribution in [2.75, 3.05) is 14.2 Å². The van der Waals surface area contributed by atoms with Crippen molar-refractivity contribution in [2.45, 2.75) is 51.0 Å². The highest BCUT2D eigenvalue weighted by Crippen LogP contribution is 2.48. The molecule has 0 unspecified atom stereocenters. The largest absolute Gasteiger partial charge is 0.400 e. The molecule has 0 bridgehead atoms. The van der Waals surface area contributed by atoms with Crippen molar-refractivity contribution in [2.24, 2.45) is 16.6 Å². The summed E-state index contributed by atoms with van der Waals surface area (Å²) in [5, 5.41) is 16.3. The number of nitrogens with two attached hydrogens (primary N) is 1. The maximum absolute atomic E-state index is 12.9. The summed E-state index contributed by atoms with van der Waals surface area (Å²) in [6, 6.07) is 16.2. The number of amides is 1. The van der Waals surface area contributed by atoms with Gasteiger partial charge in [-0.25, -0.2) is 4.99 Å². The number of guanidine groups is 1. The van der Waals surface area contributed by atoms with Gasteiger partial charge in [0.25, 0.3) is 0 Å². The number of benzene rings is 2. The minimum absolute atomic E-state index is 0.0179. The Morgan fingerprint density at radius 1 is 1.12 bits per heavy atom. The van der Waals surface area contributed by atoms with Gasteiger partial charge in [0.2, 0.25) is 5.91 Å². The molecule has 4 rings (SSSR count). The second kappa shape index (κ2) is 9.97. The number of nitrogens with zero attached hydrogens (tertiary/aromatic N) is 3. The van der Waals surface area contributed by atoms with Gasteiger partial charge in [0.05, 0.1) is 18.1 Å². The number of aryl methyl sites for hydroxylation is 1. The molecule has 0 aromatic heterocycles. The number of rotatable bonds is 3. The topological polar surface area (TPSA) is 103 Å². The predicted octanol–water partition coefficient (Wildman–Crippen LogP) is 4.09. The average Bonchev–Trinajstić information content (AvgIpc) is 2.84.